The standard InChI is InChI=1S/C25H29N3OS/c1-29-21-10-9-19-15-20(25(27-24(19)16-21)28-11-13-30-14-12-28)17-26-23-8-4-6-18-5-2-3-7-22(18)23/h2-3,5,7,9-10,15-16,23,26H,4,6,8,11-14,17H2,1H3/t23-/m1/s1. The van der Waals surface area contributed by atoms with Gasteiger partial charge in [-0.15, -0.1) is 0 Å². The van der Waals surface area contributed by atoms with Crippen LogP contribution in [-0.4, -0.2) is 36.7 Å². The summed E-state index contributed by atoms with van der Waals surface area (Å²) in [4.78, 5) is 7.57. The van der Waals surface area contributed by atoms with Crippen molar-refractivity contribution in [1.82, 2.24) is 10.3 Å². The molecule has 1 aromatic heterocycles. The van der Waals surface area contributed by atoms with Crippen LogP contribution in [0.15, 0.2) is 48.5 Å². The molecule has 5 rings (SSSR count). The fourth-order valence-corrected chi connectivity index (χ4v) is 5.59. The number of rotatable bonds is 5. The lowest BCUT2D eigenvalue weighted by Gasteiger charge is -2.31. The van der Waals surface area contributed by atoms with Gasteiger partial charge in [-0.2, -0.15) is 11.8 Å². The molecule has 1 N–H and O–H groups in total. The Hall–Kier alpha value is -2.24. The van der Waals surface area contributed by atoms with Crippen molar-refractivity contribution in [2.45, 2.75) is 31.8 Å². The summed E-state index contributed by atoms with van der Waals surface area (Å²) in [5.41, 5.74) is 5.27. The number of pyridine rings is 1. The molecule has 1 aliphatic heterocycles. The van der Waals surface area contributed by atoms with Gasteiger partial charge in [0.15, 0.2) is 0 Å². The normalized spacial score (nSPS) is 19.0. The van der Waals surface area contributed by atoms with E-state index in [1.165, 1.54) is 52.8 Å². The minimum Gasteiger partial charge on any atom is -0.497 e. The van der Waals surface area contributed by atoms with Gasteiger partial charge >= 0.3 is 0 Å². The molecule has 0 amide bonds. The highest BCUT2D eigenvalue weighted by Crippen LogP contribution is 2.32. The second-order valence-electron chi connectivity index (χ2n) is 8.15. The minimum atomic E-state index is 0.422. The Morgan fingerprint density at radius 2 is 2.00 bits per heavy atom. The number of nitrogens with zero attached hydrogens (tertiary/aromatic N) is 2. The third-order valence-electron chi connectivity index (χ3n) is 6.30. The van der Waals surface area contributed by atoms with Crippen LogP contribution in [0.1, 0.15) is 35.6 Å². The smallest absolute Gasteiger partial charge is 0.133 e. The number of benzene rings is 2. The van der Waals surface area contributed by atoms with Crippen LogP contribution < -0.4 is 15.0 Å². The topological polar surface area (TPSA) is 37.4 Å². The van der Waals surface area contributed by atoms with Gasteiger partial charge in [0.2, 0.25) is 0 Å². The van der Waals surface area contributed by atoms with Crippen LogP contribution in [0.3, 0.4) is 0 Å². The first-order chi connectivity index (χ1) is 14.8. The monoisotopic (exact) mass is 419 g/mol. The molecule has 156 valence electrons. The number of hydrogen-bond donors (Lipinski definition) is 1. The van der Waals surface area contributed by atoms with E-state index in [0.717, 1.165) is 36.7 Å². The molecular weight excluding hydrogens is 390 g/mol. The number of aromatic nitrogens is 1. The molecule has 1 fully saturated rings. The fourth-order valence-electron chi connectivity index (χ4n) is 4.69. The second kappa shape index (κ2) is 8.86. The third kappa shape index (κ3) is 4.01. The Balaban J connectivity index is 1.46. The van der Waals surface area contributed by atoms with Gasteiger partial charge < -0.3 is 15.0 Å². The number of hydrogen-bond acceptors (Lipinski definition) is 5. The zero-order chi connectivity index (χ0) is 20.3. The molecule has 30 heavy (non-hydrogen) atoms. The summed E-state index contributed by atoms with van der Waals surface area (Å²) >= 11 is 2.03. The third-order valence-corrected chi connectivity index (χ3v) is 7.24. The molecule has 2 aromatic carbocycles. The first-order valence-corrected chi connectivity index (χ1v) is 12.1. The Morgan fingerprint density at radius 3 is 2.87 bits per heavy atom. The highest BCUT2D eigenvalue weighted by atomic mass is 32.2. The SMILES string of the molecule is COc1ccc2cc(CN[C@@H]3CCCc4ccccc43)c(N3CCSCC3)nc2c1. The van der Waals surface area contributed by atoms with Crippen LogP contribution in [-0.2, 0) is 13.0 Å². The molecular formula is C25H29N3OS. The van der Waals surface area contributed by atoms with Crippen LogP contribution in [0.25, 0.3) is 10.9 Å². The van der Waals surface area contributed by atoms with Gasteiger partial charge in [0.05, 0.1) is 12.6 Å². The maximum atomic E-state index is 5.43. The Labute approximate surface area is 183 Å². The molecule has 0 saturated carbocycles. The number of fused-ring (bicyclic) bond motifs is 2. The van der Waals surface area contributed by atoms with Crippen molar-refractivity contribution >= 4 is 28.5 Å². The molecule has 2 aliphatic rings. The van der Waals surface area contributed by atoms with E-state index in [2.05, 4.69) is 46.6 Å². The van der Waals surface area contributed by atoms with E-state index in [4.69, 9.17) is 9.72 Å². The summed E-state index contributed by atoms with van der Waals surface area (Å²) in [6, 6.07) is 17.8. The lowest BCUT2D eigenvalue weighted by Crippen LogP contribution is -2.34. The minimum absolute atomic E-state index is 0.422. The van der Waals surface area contributed by atoms with Gasteiger partial charge in [0, 0.05) is 54.2 Å². The zero-order valence-corrected chi connectivity index (χ0v) is 18.4. The summed E-state index contributed by atoms with van der Waals surface area (Å²) in [5.74, 6) is 4.33. The average Bonchev–Trinajstić information content (AvgIpc) is 2.82. The predicted octanol–water partition coefficient (Wildman–Crippen LogP) is 4.96. The number of aryl methyl sites for hydroxylation is 1. The molecule has 5 heteroatoms. The van der Waals surface area contributed by atoms with Crippen LogP contribution >= 0.6 is 11.8 Å². The quantitative estimate of drug-likeness (QED) is 0.632. The molecule has 1 aliphatic carbocycles. The predicted molar refractivity (Wildman–Crippen MR) is 127 cm³/mol. The number of methoxy groups -OCH3 is 1. The maximum Gasteiger partial charge on any atom is 0.133 e. The van der Waals surface area contributed by atoms with E-state index in [0.29, 0.717) is 6.04 Å². The summed E-state index contributed by atoms with van der Waals surface area (Å²) in [6.07, 6.45) is 3.65. The van der Waals surface area contributed by atoms with Gasteiger partial charge in [-0.05, 0) is 48.6 Å². The Kier molecular flexibility index (Phi) is 5.82. The van der Waals surface area contributed by atoms with Crippen molar-refractivity contribution in [1.29, 1.82) is 0 Å². The van der Waals surface area contributed by atoms with Crippen LogP contribution in [0.2, 0.25) is 0 Å². The number of anilines is 1. The maximum absolute atomic E-state index is 5.43. The van der Waals surface area contributed by atoms with Crippen LogP contribution in [0.5, 0.6) is 5.75 Å². The molecule has 2 heterocycles. The second-order valence-corrected chi connectivity index (χ2v) is 9.38. The lowest BCUT2D eigenvalue weighted by atomic mass is 9.87. The summed E-state index contributed by atoms with van der Waals surface area (Å²) in [6.45, 7) is 2.96. The molecule has 0 radical (unpaired) electrons. The number of thioether (sulfide) groups is 1. The van der Waals surface area contributed by atoms with Gasteiger partial charge in [-0.25, -0.2) is 4.98 Å². The Morgan fingerprint density at radius 1 is 1.13 bits per heavy atom. The van der Waals surface area contributed by atoms with Gasteiger partial charge in [0.1, 0.15) is 11.6 Å². The van der Waals surface area contributed by atoms with E-state index < -0.39 is 0 Å². The van der Waals surface area contributed by atoms with Gasteiger partial charge in [-0.1, -0.05) is 24.3 Å². The molecule has 4 nitrogen and oxygen atoms in total. The first kappa shape index (κ1) is 19.7. The number of nitrogens with one attached hydrogen (secondary N) is 1. The van der Waals surface area contributed by atoms with E-state index in [-0.39, 0.29) is 0 Å². The van der Waals surface area contributed by atoms with Crippen molar-refractivity contribution < 1.29 is 4.74 Å². The zero-order valence-electron chi connectivity index (χ0n) is 17.6. The molecule has 0 bridgehead atoms. The summed E-state index contributed by atoms with van der Waals surface area (Å²) in [7, 11) is 1.71. The molecule has 3 aromatic rings. The van der Waals surface area contributed by atoms with E-state index in [9.17, 15) is 0 Å². The van der Waals surface area contributed by atoms with Crippen LogP contribution in [0.4, 0.5) is 5.82 Å². The highest BCUT2D eigenvalue weighted by molar-refractivity contribution is 7.99. The highest BCUT2D eigenvalue weighted by Gasteiger charge is 2.21. The van der Waals surface area contributed by atoms with Gasteiger partial charge in [-0.3, -0.25) is 0 Å². The van der Waals surface area contributed by atoms with Crippen molar-refractivity contribution in [3.63, 3.8) is 0 Å². The first-order valence-electron chi connectivity index (χ1n) is 10.9. The molecule has 0 unspecified atom stereocenters. The van der Waals surface area contributed by atoms with Gasteiger partial charge in [0.25, 0.3) is 0 Å². The van der Waals surface area contributed by atoms with E-state index in [1.807, 2.05) is 23.9 Å². The largest absolute Gasteiger partial charge is 0.497 e. The molecule has 0 spiro atoms. The van der Waals surface area contributed by atoms with E-state index in [1.54, 1.807) is 7.11 Å². The number of ether oxygens (including phenoxy) is 1. The van der Waals surface area contributed by atoms with Crippen molar-refractivity contribution in [2.24, 2.45) is 0 Å². The average molecular weight is 420 g/mol. The Bertz CT molecular complexity index is 1030. The fraction of sp³-hybridized carbons (Fsp3) is 0.400. The molecule has 1 saturated heterocycles. The van der Waals surface area contributed by atoms with Crippen molar-refractivity contribution in [2.75, 3.05) is 36.6 Å². The molecule has 1 atom stereocenters. The summed E-state index contributed by atoms with van der Waals surface area (Å²) in [5, 5.41) is 5.04. The van der Waals surface area contributed by atoms with E-state index >= 15 is 0 Å². The van der Waals surface area contributed by atoms with Crippen LogP contribution in [0, 0.1) is 0 Å². The summed E-state index contributed by atoms with van der Waals surface area (Å²) < 4.78 is 5.43. The van der Waals surface area contributed by atoms with Crippen molar-refractivity contribution in [3.8, 4) is 5.75 Å². The lowest BCUT2D eigenvalue weighted by molar-refractivity contribution is 0.415. The van der Waals surface area contributed by atoms with Crippen molar-refractivity contribution in [3.05, 3.63) is 65.2 Å².